The second kappa shape index (κ2) is 12.3. The summed E-state index contributed by atoms with van der Waals surface area (Å²) in [6.07, 6.45) is -3.97. The highest BCUT2D eigenvalue weighted by molar-refractivity contribution is 7.89. The van der Waals surface area contributed by atoms with Crippen LogP contribution in [0, 0.1) is 6.92 Å². The first kappa shape index (κ1) is 28.8. The highest BCUT2D eigenvalue weighted by atomic mass is 32.2. The smallest absolute Gasteiger partial charge is 0.375 e. The summed E-state index contributed by atoms with van der Waals surface area (Å²) in [4.78, 5) is 15.0. The van der Waals surface area contributed by atoms with Gasteiger partial charge >= 0.3 is 6.18 Å². The van der Waals surface area contributed by atoms with Crippen molar-refractivity contribution in [3.05, 3.63) is 101 Å². The highest BCUT2D eigenvalue weighted by Crippen LogP contribution is 2.29. The summed E-state index contributed by atoms with van der Waals surface area (Å²) in [6.45, 7) is 2.28. The third-order valence-corrected chi connectivity index (χ3v) is 8.65. The molecule has 1 aliphatic rings. The maximum atomic E-state index is 13.2. The molecule has 0 bridgehead atoms. The van der Waals surface area contributed by atoms with Gasteiger partial charge in [0, 0.05) is 26.1 Å². The molecule has 0 aliphatic carbocycles. The fourth-order valence-electron chi connectivity index (χ4n) is 4.60. The molecule has 1 aliphatic heterocycles. The predicted octanol–water partition coefficient (Wildman–Crippen LogP) is 5.06. The first-order valence-corrected chi connectivity index (χ1v) is 14.1. The lowest BCUT2D eigenvalue weighted by Crippen LogP contribution is -2.45. The van der Waals surface area contributed by atoms with Crippen molar-refractivity contribution in [3.8, 4) is 0 Å². The lowest BCUT2D eigenvalue weighted by atomic mass is 10.0. The summed E-state index contributed by atoms with van der Waals surface area (Å²) in [5.74, 6) is -0.194. The van der Waals surface area contributed by atoms with Crippen LogP contribution in [0.2, 0.25) is 0 Å². The molecule has 1 atom stereocenters. The molecular formula is C29H31F3N2O4S. The second-order valence-electron chi connectivity index (χ2n) is 9.61. The number of ether oxygens (including phenoxy) is 1. The first-order valence-electron chi connectivity index (χ1n) is 12.7. The maximum absolute atomic E-state index is 13.2. The molecule has 208 valence electrons. The van der Waals surface area contributed by atoms with Gasteiger partial charge in [0.1, 0.15) is 0 Å². The number of hydrogen-bond donors (Lipinski definition) is 0. The zero-order valence-corrected chi connectivity index (χ0v) is 22.4. The molecule has 3 aromatic rings. The third kappa shape index (κ3) is 7.46. The molecule has 0 N–H and O–H groups in total. The summed E-state index contributed by atoms with van der Waals surface area (Å²) in [6, 6.07) is 20.6. The van der Waals surface area contributed by atoms with Gasteiger partial charge in [0.25, 0.3) is 0 Å². The number of alkyl halides is 3. The Balaban J connectivity index is 1.49. The van der Waals surface area contributed by atoms with Crippen LogP contribution in [0.4, 0.5) is 13.2 Å². The number of halogens is 3. The molecule has 1 amide bonds. The van der Waals surface area contributed by atoms with E-state index in [-0.39, 0.29) is 50.1 Å². The largest absolute Gasteiger partial charge is 0.416 e. The van der Waals surface area contributed by atoms with Crippen molar-refractivity contribution in [2.75, 3.05) is 26.2 Å². The molecular weight excluding hydrogens is 529 g/mol. The number of rotatable bonds is 9. The van der Waals surface area contributed by atoms with Gasteiger partial charge < -0.3 is 9.64 Å². The fourth-order valence-corrected chi connectivity index (χ4v) is 6.03. The van der Waals surface area contributed by atoms with Crippen LogP contribution in [0.5, 0.6) is 0 Å². The standard InChI is InChI=1S/C29H31F3N2O4S/c1-22-10-12-27(13-11-22)39(36,37)33-15-14-28(35)34(17-16-33)26(19-23-6-3-2-4-7-23)21-38-20-24-8-5-9-25(18-24)29(30,31)32/h2-13,18,26H,14-17,19-21H2,1H3/t26-/m0/s1. The Morgan fingerprint density at radius 1 is 0.897 bits per heavy atom. The number of carbonyl (C=O) groups excluding carboxylic acids is 1. The van der Waals surface area contributed by atoms with Crippen molar-refractivity contribution >= 4 is 15.9 Å². The first-order chi connectivity index (χ1) is 18.5. The average molecular weight is 561 g/mol. The molecule has 3 aromatic carbocycles. The quantitative estimate of drug-likeness (QED) is 0.367. The van der Waals surface area contributed by atoms with E-state index in [2.05, 4.69) is 0 Å². The Hall–Kier alpha value is -3.21. The lowest BCUT2D eigenvalue weighted by Gasteiger charge is -2.31. The second-order valence-corrected chi connectivity index (χ2v) is 11.5. The zero-order valence-electron chi connectivity index (χ0n) is 21.6. The van der Waals surface area contributed by atoms with E-state index in [1.54, 1.807) is 35.2 Å². The Bertz CT molecular complexity index is 1360. The normalized spacial score (nSPS) is 16.2. The van der Waals surface area contributed by atoms with Gasteiger partial charge in [-0.2, -0.15) is 17.5 Å². The van der Waals surface area contributed by atoms with Gasteiger partial charge in [-0.15, -0.1) is 0 Å². The number of hydrogen-bond acceptors (Lipinski definition) is 4. The molecule has 10 heteroatoms. The van der Waals surface area contributed by atoms with E-state index in [9.17, 15) is 26.4 Å². The van der Waals surface area contributed by atoms with Gasteiger partial charge in [-0.05, 0) is 48.7 Å². The molecule has 0 spiro atoms. The van der Waals surface area contributed by atoms with Crippen molar-refractivity contribution in [1.82, 2.24) is 9.21 Å². The van der Waals surface area contributed by atoms with Crippen molar-refractivity contribution in [2.24, 2.45) is 0 Å². The van der Waals surface area contributed by atoms with Gasteiger partial charge in [0.2, 0.25) is 15.9 Å². The lowest BCUT2D eigenvalue weighted by molar-refractivity contribution is -0.138. The van der Waals surface area contributed by atoms with Gasteiger partial charge in [-0.3, -0.25) is 4.79 Å². The van der Waals surface area contributed by atoms with Crippen LogP contribution in [0.15, 0.2) is 83.8 Å². The summed E-state index contributed by atoms with van der Waals surface area (Å²) in [7, 11) is -3.77. The Labute approximate surface area is 227 Å². The molecule has 6 nitrogen and oxygen atoms in total. The fraction of sp³-hybridized carbons (Fsp3) is 0.345. The Morgan fingerprint density at radius 3 is 2.28 bits per heavy atom. The minimum atomic E-state index is -4.45. The monoisotopic (exact) mass is 560 g/mol. The van der Waals surface area contributed by atoms with Crippen LogP contribution in [0.3, 0.4) is 0 Å². The number of amides is 1. The molecule has 4 rings (SSSR count). The van der Waals surface area contributed by atoms with Crippen LogP contribution < -0.4 is 0 Å². The van der Waals surface area contributed by atoms with Crippen molar-refractivity contribution in [1.29, 1.82) is 0 Å². The van der Waals surface area contributed by atoms with Crippen LogP contribution in [-0.2, 0) is 38.8 Å². The Kier molecular flexibility index (Phi) is 9.09. The minimum absolute atomic E-state index is 0.0179. The topological polar surface area (TPSA) is 66.9 Å². The highest BCUT2D eigenvalue weighted by Gasteiger charge is 2.33. The minimum Gasteiger partial charge on any atom is -0.375 e. The molecule has 0 radical (unpaired) electrons. The van der Waals surface area contributed by atoms with Crippen LogP contribution in [0.25, 0.3) is 0 Å². The molecule has 0 aromatic heterocycles. The summed E-state index contributed by atoms with van der Waals surface area (Å²) < 4.78 is 72.9. The maximum Gasteiger partial charge on any atom is 0.416 e. The van der Waals surface area contributed by atoms with Gasteiger partial charge in [-0.25, -0.2) is 8.42 Å². The molecule has 39 heavy (non-hydrogen) atoms. The van der Waals surface area contributed by atoms with Crippen LogP contribution in [0.1, 0.15) is 28.7 Å². The van der Waals surface area contributed by atoms with E-state index in [1.165, 1.54) is 10.4 Å². The van der Waals surface area contributed by atoms with Crippen LogP contribution >= 0.6 is 0 Å². The SMILES string of the molecule is Cc1ccc(S(=O)(=O)N2CCC(=O)N([C@H](COCc3cccc(C(F)(F)F)c3)Cc3ccccc3)CC2)cc1. The number of nitrogens with zero attached hydrogens (tertiary/aromatic N) is 2. The van der Waals surface area contributed by atoms with Crippen molar-refractivity contribution in [2.45, 2.75) is 43.5 Å². The van der Waals surface area contributed by atoms with Gasteiger partial charge in [-0.1, -0.05) is 60.2 Å². The molecule has 0 saturated carbocycles. The van der Waals surface area contributed by atoms with Crippen molar-refractivity contribution in [3.63, 3.8) is 0 Å². The molecule has 1 saturated heterocycles. The van der Waals surface area contributed by atoms with E-state index >= 15 is 0 Å². The van der Waals surface area contributed by atoms with E-state index in [4.69, 9.17) is 4.74 Å². The number of carbonyl (C=O) groups is 1. The van der Waals surface area contributed by atoms with E-state index in [1.807, 2.05) is 37.3 Å². The summed E-state index contributed by atoms with van der Waals surface area (Å²) in [5.41, 5.74) is 1.54. The Morgan fingerprint density at radius 2 is 1.59 bits per heavy atom. The number of aryl methyl sites for hydroxylation is 1. The van der Waals surface area contributed by atoms with Gasteiger partial charge in [0.05, 0.1) is 29.7 Å². The van der Waals surface area contributed by atoms with E-state index in [0.717, 1.165) is 23.3 Å². The zero-order chi connectivity index (χ0) is 28.0. The predicted molar refractivity (Wildman–Crippen MR) is 141 cm³/mol. The van der Waals surface area contributed by atoms with E-state index < -0.39 is 27.8 Å². The average Bonchev–Trinajstić information content (AvgIpc) is 3.10. The number of sulfonamides is 1. The third-order valence-electron chi connectivity index (χ3n) is 6.73. The molecule has 1 heterocycles. The number of benzene rings is 3. The van der Waals surface area contributed by atoms with Crippen LogP contribution in [-0.4, -0.2) is 55.8 Å². The van der Waals surface area contributed by atoms with Crippen molar-refractivity contribution < 1.29 is 31.1 Å². The molecule has 0 unspecified atom stereocenters. The van der Waals surface area contributed by atoms with E-state index in [0.29, 0.717) is 12.0 Å². The molecule has 1 fully saturated rings. The summed E-state index contributed by atoms with van der Waals surface area (Å²) in [5, 5.41) is 0. The van der Waals surface area contributed by atoms with Gasteiger partial charge in [0.15, 0.2) is 0 Å². The summed E-state index contributed by atoms with van der Waals surface area (Å²) >= 11 is 0.